The van der Waals surface area contributed by atoms with Crippen molar-refractivity contribution >= 4 is 34.7 Å². The molecule has 0 aliphatic heterocycles. The third kappa shape index (κ3) is 8.01. The van der Waals surface area contributed by atoms with Gasteiger partial charge in [-0.2, -0.15) is 0 Å². The molecule has 1 aromatic heterocycles. The van der Waals surface area contributed by atoms with Gasteiger partial charge < -0.3 is 39.4 Å². The van der Waals surface area contributed by atoms with Crippen LogP contribution < -0.4 is 24.8 Å². The number of ether oxygens (including phenoxy) is 3. The van der Waals surface area contributed by atoms with E-state index in [1.54, 1.807) is 43.5 Å². The molecule has 0 aliphatic rings. The first-order valence-corrected chi connectivity index (χ1v) is 13.0. The Kier molecular flexibility index (Phi) is 10.6. The van der Waals surface area contributed by atoms with Crippen molar-refractivity contribution in [3.8, 4) is 17.2 Å². The van der Waals surface area contributed by atoms with Crippen LogP contribution in [0.3, 0.4) is 0 Å². The van der Waals surface area contributed by atoms with Crippen molar-refractivity contribution in [1.29, 1.82) is 0 Å². The highest BCUT2D eigenvalue weighted by atomic mass is 16.5. The number of anilines is 1. The number of unbranched alkanes of at least 4 members (excludes halogenated alkanes) is 1. The van der Waals surface area contributed by atoms with Gasteiger partial charge in [0.25, 0.3) is 5.91 Å². The SMILES string of the molecule is COc1cc(C(=O)N(C(C)C)C(C)C)ccc1OCCCCOc1ccc2c(NC(=O)CNC(=O)O)noc2c1. The van der Waals surface area contributed by atoms with Gasteiger partial charge in [0.05, 0.1) is 25.7 Å². The van der Waals surface area contributed by atoms with Crippen LogP contribution in [0.5, 0.6) is 17.2 Å². The van der Waals surface area contributed by atoms with Crippen molar-refractivity contribution in [3.05, 3.63) is 42.0 Å². The van der Waals surface area contributed by atoms with Gasteiger partial charge in [0.15, 0.2) is 22.9 Å². The van der Waals surface area contributed by atoms with Crippen LogP contribution in [-0.4, -0.2) is 72.0 Å². The van der Waals surface area contributed by atoms with Crippen LogP contribution >= 0.6 is 0 Å². The van der Waals surface area contributed by atoms with Crippen LogP contribution in [0.4, 0.5) is 10.6 Å². The number of nitrogens with zero attached hydrogens (tertiary/aromatic N) is 2. The van der Waals surface area contributed by atoms with E-state index in [0.717, 1.165) is 12.8 Å². The number of nitrogens with one attached hydrogen (secondary N) is 2. The third-order valence-electron chi connectivity index (χ3n) is 5.92. The highest BCUT2D eigenvalue weighted by molar-refractivity contribution is 6.00. The largest absolute Gasteiger partial charge is 0.493 e. The number of aromatic nitrogens is 1. The first-order chi connectivity index (χ1) is 19.1. The topological polar surface area (TPSA) is 152 Å². The Bertz CT molecular complexity index is 1310. The number of methoxy groups -OCH3 is 1. The van der Waals surface area contributed by atoms with E-state index >= 15 is 0 Å². The number of hydrogen-bond acceptors (Lipinski definition) is 8. The lowest BCUT2D eigenvalue weighted by molar-refractivity contribution is -0.115. The van der Waals surface area contributed by atoms with E-state index in [1.165, 1.54) is 0 Å². The molecule has 0 radical (unpaired) electrons. The molecule has 0 unspecified atom stereocenters. The van der Waals surface area contributed by atoms with Crippen molar-refractivity contribution in [3.63, 3.8) is 0 Å². The first-order valence-electron chi connectivity index (χ1n) is 13.0. The molecule has 0 aliphatic carbocycles. The summed E-state index contributed by atoms with van der Waals surface area (Å²) in [5.74, 6) is 1.23. The molecule has 0 spiro atoms. The van der Waals surface area contributed by atoms with Gasteiger partial charge in [-0.05, 0) is 70.9 Å². The fraction of sp³-hybridized carbons (Fsp3) is 0.429. The van der Waals surface area contributed by atoms with Crippen molar-refractivity contribution in [1.82, 2.24) is 15.4 Å². The van der Waals surface area contributed by atoms with Crippen LogP contribution in [0.25, 0.3) is 11.0 Å². The molecule has 2 aromatic carbocycles. The molecule has 0 fully saturated rings. The van der Waals surface area contributed by atoms with E-state index < -0.39 is 18.5 Å². The normalized spacial score (nSPS) is 11.0. The van der Waals surface area contributed by atoms with Gasteiger partial charge in [0, 0.05) is 23.7 Å². The summed E-state index contributed by atoms with van der Waals surface area (Å²) >= 11 is 0. The maximum Gasteiger partial charge on any atom is 0.405 e. The zero-order valence-corrected chi connectivity index (χ0v) is 23.4. The number of benzene rings is 2. The number of hydrogen-bond donors (Lipinski definition) is 3. The third-order valence-corrected chi connectivity index (χ3v) is 5.92. The number of carboxylic acid groups (broad SMARTS) is 1. The average molecular weight is 557 g/mol. The van der Waals surface area contributed by atoms with Gasteiger partial charge in [0.1, 0.15) is 12.3 Å². The second kappa shape index (κ2) is 14.1. The molecule has 0 bridgehead atoms. The van der Waals surface area contributed by atoms with Gasteiger partial charge in [-0.1, -0.05) is 5.16 Å². The van der Waals surface area contributed by atoms with Crippen molar-refractivity contribution in [2.75, 3.05) is 32.2 Å². The lowest BCUT2D eigenvalue weighted by Crippen LogP contribution is -2.42. The van der Waals surface area contributed by atoms with Gasteiger partial charge in [-0.3, -0.25) is 9.59 Å². The van der Waals surface area contributed by atoms with Crippen LogP contribution in [0.2, 0.25) is 0 Å². The molecule has 3 aromatic rings. The Labute approximate surface area is 232 Å². The van der Waals surface area contributed by atoms with E-state index in [4.69, 9.17) is 23.8 Å². The minimum atomic E-state index is -1.30. The minimum absolute atomic E-state index is 0.0514. The average Bonchev–Trinajstić information content (AvgIpc) is 3.30. The fourth-order valence-corrected chi connectivity index (χ4v) is 4.14. The molecular weight excluding hydrogens is 520 g/mol. The van der Waals surface area contributed by atoms with E-state index in [1.807, 2.05) is 37.9 Å². The van der Waals surface area contributed by atoms with Crippen molar-refractivity contribution in [2.45, 2.75) is 52.6 Å². The second-order valence-corrected chi connectivity index (χ2v) is 9.57. The molecule has 1 heterocycles. The van der Waals surface area contributed by atoms with Crippen LogP contribution in [0.15, 0.2) is 40.9 Å². The Morgan fingerprint density at radius 1 is 0.975 bits per heavy atom. The maximum atomic E-state index is 13.0. The van der Waals surface area contributed by atoms with Gasteiger partial charge in [-0.25, -0.2) is 4.79 Å². The Morgan fingerprint density at radius 3 is 2.33 bits per heavy atom. The number of carbonyl (C=O) groups excluding carboxylic acids is 2. The highest BCUT2D eigenvalue weighted by Gasteiger charge is 2.22. The molecule has 12 heteroatoms. The number of rotatable bonds is 14. The standard InChI is InChI=1S/C28H36N4O8/c1-17(2)32(18(3)4)27(34)19-8-11-22(24(14-19)37-5)39-13-7-6-12-38-20-9-10-21-23(15-20)40-31-26(21)30-25(33)16-29-28(35)36/h8-11,14-15,17-18,29H,6-7,12-13,16H2,1-5H3,(H,35,36)(H,30,31,33). The summed E-state index contributed by atoms with van der Waals surface area (Å²) in [5, 5.41) is 17.5. The predicted octanol–water partition coefficient (Wildman–Crippen LogP) is 4.54. The van der Waals surface area contributed by atoms with Gasteiger partial charge in [0.2, 0.25) is 5.91 Å². The molecular formula is C28H36N4O8. The highest BCUT2D eigenvalue weighted by Crippen LogP contribution is 2.30. The molecule has 0 atom stereocenters. The second-order valence-electron chi connectivity index (χ2n) is 9.57. The molecule has 0 saturated heterocycles. The predicted molar refractivity (Wildman–Crippen MR) is 148 cm³/mol. The monoisotopic (exact) mass is 556 g/mol. The Balaban J connectivity index is 1.46. The maximum absolute atomic E-state index is 13.0. The van der Waals surface area contributed by atoms with Crippen LogP contribution in [-0.2, 0) is 4.79 Å². The van der Waals surface area contributed by atoms with Crippen LogP contribution in [0.1, 0.15) is 50.9 Å². The van der Waals surface area contributed by atoms with E-state index in [0.29, 0.717) is 47.0 Å². The number of fused-ring (bicyclic) bond motifs is 1. The summed E-state index contributed by atoms with van der Waals surface area (Å²) in [5.41, 5.74) is 0.967. The molecule has 3 N–H and O–H groups in total. The van der Waals surface area contributed by atoms with E-state index in [2.05, 4.69) is 10.5 Å². The molecule has 3 rings (SSSR count). The van der Waals surface area contributed by atoms with Crippen molar-refractivity contribution in [2.24, 2.45) is 0 Å². The van der Waals surface area contributed by atoms with Crippen molar-refractivity contribution < 1.29 is 38.2 Å². The summed E-state index contributed by atoms with van der Waals surface area (Å²) in [7, 11) is 1.55. The summed E-state index contributed by atoms with van der Waals surface area (Å²) in [6.07, 6.45) is 0.155. The molecule has 40 heavy (non-hydrogen) atoms. The number of carbonyl (C=O) groups is 3. The molecule has 0 saturated carbocycles. The summed E-state index contributed by atoms with van der Waals surface area (Å²) < 4.78 is 22.4. The summed E-state index contributed by atoms with van der Waals surface area (Å²) in [6.45, 7) is 8.46. The van der Waals surface area contributed by atoms with E-state index in [9.17, 15) is 14.4 Å². The molecule has 12 nitrogen and oxygen atoms in total. The minimum Gasteiger partial charge on any atom is -0.493 e. The lowest BCUT2D eigenvalue weighted by Gasteiger charge is -2.31. The molecule has 3 amide bonds. The van der Waals surface area contributed by atoms with Gasteiger partial charge >= 0.3 is 6.09 Å². The Hall–Kier alpha value is -4.48. The van der Waals surface area contributed by atoms with E-state index in [-0.39, 0.29) is 23.8 Å². The zero-order chi connectivity index (χ0) is 29.2. The fourth-order valence-electron chi connectivity index (χ4n) is 4.14. The summed E-state index contributed by atoms with van der Waals surface area (Å²) in [6, 6.07) is 10.5. The zero-order valence-electron chi connectivity index (χ0n) is 23.4. The quantitative estimate of drug-likeness (QED) is 0.243. The summed E-state index contributed by atoms with van der Waals surface area (Å²) in [4.78, 5) is 37.1. The number of amides is 3. The van der Waals surface area contributed by atoms with Crippen LogP contribution in [0, 0.1) is 0 Å². The van der Waals surface area contributed by atoms with Gasteiger partial charge in [-0.15, -0.1) is 0 Å². The first kappa shape index (κ1) is 30.1. The smallest absolute Gasteiger partial charge is 0.405 e. The Morgan fingerprint density at radius 2 is 1.68 bits per heavy atom. The molecule has 216 valence electrons. The lowest BCUT2D eigenvalue weighted by atomic mass is 10.1.